The van der Waals surface area contributed by atoms with Crippen LogP contribution in [-0.2, 0) is 4.74 Å². The molecule has 1 aliphatic heterocycles. The largest absolute Gasteiger partial charge is 0.444 e. The van der Waals surface area contributed by atoms with Crippen LogP contribution in [0.4, 0.5) is 18.0 Å². The standard InChI is InChI=1S/C11H17F3N2O2/c1-8(2,3)18-7(17)16-5-10(13)9(12,4-15)11(10,14)6-16/h4-6,15H2,1-3H3/t9?,10-,11+. The third-order valence-corrected chi connectivity index (χ3v) is 3.57. The molecular formula is C11H17F3N2O2. The summed E-state index contributed by atoms with van der Waals surface area (Å²) >= 11 is 0. The Morgan fingerprint density at radius 2 is 1.72 bits per heavy atom. The van der Waals surface area contributed by atoms with Gasteiger partial charge >= 0.3 is 6.09 Å². The van der Waals surface area contributed by atoms with Crippen LogP contribution in [0.5, 0.6) is 0 Å². The van der Waals surface area contributed by atoms with Crippen molar-refractivity contribution in [1.29, 1.82) is 0 Å². The molecule has 2 aliphatic rings. The predicted octanol–water partition coefficient (Wildman–Crippen LogP) is 1.33. The van der Waals surface area contributed by atoms with Crippen LogP contribution in [0.15, 0.2) is 0 Å². The molecule has 1 saturated heterocycles. The summed E-state index contributed by atoms with van der Waals surface area (Å²) in [7, 11) is 0. The number of amides is 1. The van der Waals surface area contributed by atoms with E-state index < -0.39 is 48.3 Å². The summed E-state index contributed by atoms with van der Waals surface area (Å²) in [6.45, 7) is 2.85. The zero-order valence-corrected chi connectivity index (χ0v) is 10.6. The Kier molecular flexibility index (Phi) is 2.48. The van der Waals surface area contributed by atoms with Crippen molar-refractivity contribution in [3.63, 3.8) is 0 Å². The van der Waals surface area contributed by atoms with Gasteiger partial charge in [-0.25, -0.2) is 18.0 Å². The summed E-state index contributed by atoms with van der Waals surface area (Å²) in [6.07, 6.45) is -0.844. The van der Waals surface area contributed by atoms with Gasteiger partial charge in [0.15, 0.2) is 0 Å². The van der Waals surface area contributed by atoms with Crippen molar-refractivity contribution >= 4 is 6.09 Å². The van der Waals surface area contributed by atoms with Crippen LogP contribution in [0, 0.1) is 0 Å². The number of ether oxygens (including phenoxy) is 1. The highest BCUT2D eigenvalue weighted by atomic mass is 19.2. The average Bonchev–Trinajstić information content (AvgIpc) is 2.49. The number of halogens is 3. The minimum absolute atomic E-state index is 0.661. The number of nitrogens with two attached hydrogens (primary N) is 1. The maximum Gasteiger partial charge on any atom is 0.410 e. The number of hydrogen-bond acceptors (Lipinski definition) is 3. The van der Waals surface area contributed by atoms with Gasteiger partial charge < -0.3 is 15.4 Å². The van der Waals surface area contributed by atoms with Gasteiger partial charge in [0.2, 0.25) is 17.0 Å². The summed E-state index contributed by atoms with van der Waals surface area (Å²) in [5.74, 6) is 0. The van der Waals surface area contributed by atoms with Gasteiger partial charge in [0, 0.05) is 6.54 Å². The quantitative estimate of drug-likeness (QED) is 0.779. The number of carbonyl (C=O) groups is 1. The molecule has 0 aromatic rings. The monoisotopic (exact) mass is 266 g/mol. The van der Waals surface area contributed by atoms with Crippen LogP contribution in [-0.4, -0.2) is 53.2 Å². The summed E-state index contributed by atoms with van der Waals surface area (Å²) in [4.78, 5) is 12.5. The molecule has 3 atom stereocenters. The first-order chi connectivity index (χ1) is 8.01. The first kappa shape index (κ1) is 13.5. The van der Waals surface area contributed by atoms with Gasteiger partial charge in [-0.15, -0.1) is 0 Å². The first-order valence-electron chi connectivity index (χ1n) is 5.75. The van der Waals surface area contributed by atoms with E-state index >= 15 is 0 Å². The van der Waals surface area contributed by atoms with Crippen LogP contribution in [0.25, 0.3) is 0 Å². The maximum absolute atomic E-state index is 14.1. The molecule has 1 aliphatic carbocycles. The van der Waals surface area contributed by atoms with Crippen molar-refractivity contribution in [2.45, 2.75) is 43.4 Å². The Hall–Kier alpha value is -0.980. The minimum atomic E-state index is -2.70. The SMILES string of the molecule is CC(C)(C)OC(=O)N1C[C@@]2(F)C(F)(CN)[C@@]2(F)C1. The highest BCUT2D eigenvalue weighted by Crippen LogP contribution is 2.69. The van der Waals surface area contributed by atoms with E-state index in [0.29, 0.717) is 0 Å². The van der Waals surface area contributed by atoms with Gasteiger partial charge in [-0.05, 0) is 20.8 Å². The van der Waals surface area contributed by atoms with E-state index in [0.717, 1.165) is 4.90 Å². The molecule has 2 fully saturated rings. The molecule has 2 rings (SSSR count). The van der Waals surface area contributed by atoms with Gasteiger partial charge in [-0.3, -0.25) is 0 Å². The molecule has 0 bridgehead atoms. The Morgan fingerprint density at radius 3 is 2.06 bits per heavy atom. The highest BCUT2D eigenvalue weighted by Gasteiger charge is 2.96. The van der Waals surface area contributed by atoms with Crippen LogP contribution in [0.2, 0.25) is 0 Å². The number of hydrogen-bond donors (Lipinski definition) is 1. The van der Waals surface area contributed by atoms with E-state index in [1.807, 2.05) is 0 Å². The lowest BCUT2D eigenvalue weighted by Crippen LogP contribution is -2.45. The molecule has 7 heteroatoms. The second-order valence-corrected chi connectivity index (χ2v) is 5.94. The molecule has 1 unspecified atom stereocenters. The molecular weight excluding hydrogens is 249 g/mol. The minimum Gasteiger partial charge on any atom is -0.444 e. The number of rotatable bonds is 1. The second-order valence-electron chi connectivity index (χ2n) is 5.94. The van der Waals surface area contributed by atoms with Crippen LogP contribution < -0.4 is 5.73 Å². The molecule has 0 aromatic carbocycles. The van der Waals surface area contributed by atoms with E-state index in [1.54, 1.807) is 20.8 Å². The van der Waals surface area contributed by atoms with Crippen molar-refractivity contribution in [3.8, 4) is 0 Å². The fourth-order valence-corrected chi connectivity index (χ4v) is 2.51. The second kappa shape index (κ2) is 3.31. The van der Waals surface area contributed by atoms with Gasteiger partial charge in [0.25, 0.3) is 0 Å². The van der Waals surface area contributed by atoms with Crippen molar-refractivity contribution in [3.05, 3.63) is 0 Å². The van der Waals surface area contributed by atoms with Crippen molar-refractivity contribution < 1.29 is 22.7 Å². The predicted molar refractivity (Wildman–Crippen MR) is 58.4 cm³/mol. The van der Waals surface area contributed by atoms with Gasteiger partial charge in [-0.1, -0.05) is 0 Å². The molecule has 0 radical (unpaired) electrons. The molecule has 104 valence electrons. The molecule has 1 amide bonds. The number of fused-ring (bicyclic) bond motifs is 1. The normalized spacial score (nSPS) is 42.7. The summed E-state index contributed by atoms with van der Waals surface area (Å²) in [5.41, 5.74) is -3.79. The molecule has 18 heavy (non-hydrogen) atoms. The van der Waals surface area contributed by atoms with E-state index in [9.17, 15) is 18.0 Å². The third kappa shape index (κ3) is 1.39. The topological polar surface area (TPSA) is 55.6 Å². The third-order valence-electron chi connectivity index (χ3n) is 3.57. The lowest BCUT2D eigenvalue weighted by atomic mass is 10.2. The zero-order chi connectivity index (χ0) is 14.0. The average molecular weight is 266 g/mol. The first-order valence-corrected chi connectivity index (χ1v) is 5.75. The lowest BCUT2D eigenvalue weighted by Gasteiger charge is -2.27. The fraction of sp³-hybridized carbons (Fsp3) is 0.909. The number of nitrogens with zero attached hydrogens (tertiary/aromatic N) is 1. The Bertz CT molecular complexity index is 380. The van der Waals surface area contributed by atoms with Gasteiger partial charge in [0.1, 0.15) is 5.60 Å². The summed E-state index contributed by atoms with van der Waals surface area (Å²) in [5, 5.41) is 0. The molecule has 1 heterocycles. The number of carbonyl (C=O) groups excluding carboxylic acids is 1. The maximum atomic E-state index is 14.1. The smallest absolute Gasteiger partial charge is 0.410 e. The van der Waals surface area contributed by atoms with Crippen LogP contribution >= 0.6 is 0 Å². The van der Waals surface area contributed by atoms with Gasteiger partial charge in [0.05, 0.1) is 13.1 Å². The molecule has 0 aromatic heterocycles. The molecule has 1 saturated carbocycles. The van der Waals surface area contributed by atoms with E-state index in [2.05, 4.69) is 0 Å². The molecule has 4 nitrogen and oxygen atoms in total. The number of piperidine rings is 1. The van der Waals surface area contributed by atoms with E-state index in [4.69, 9.17) is 10.5 Å². The zero-order valence-electron chi connectivity index (χ0n) is 10.6. The molecule has 0 spiro atoms. The van der Waals surface area contributed by atoms with Crippen molar-refractivity contribution in [2.75, 3.05) is 19.6 Å². The van der Waals surface area contributed by atoms with E-state index in [-0.39, 0.29) is 0 Å². The van der Waals surface area contributed by atoms with Crippen molar-refractivity contribution in [1.82, 2.24) is 4.90 Å². The summed E-state index contributed by atoms with van der Waals surface area (Å²) in [6, 6.07) is 0. The van der Waals surface area contributed by atoms with Crippen LogP contribution in [0.1, 0.15) is 20.8 Å². The van der Waals surface area contributed by atoms with Crippen LogP contribution in [0.3, 0.4) is 0 Å². The summed E-state index contributed by atoms with van der Waals surface area (Å²) < 4.78 is 47.0. The Morgan fingerprint density at radius 1 is 1.28 bits per heavy atom. The lowest BCUT2D eigenvalue weighted by molar-refractivity contribution is 0.0156. The fourth-order valence-electron chi connectivity index (χ4n) is 2.51. The number of alkyl halides is 3. The Labute approximate surface area is 103 Å². The van der Waals surface area contributed by atoms with E-state index in [1.165, 1.54) is 0 Å². The van der Waals surface area contributed by atoms with Gasteiger partial charge in [-0.2, -0.15) is 0 Å². The molecule has 2 N–H and O–H groups in total. The number of likely N-dealkylation sites (tertiary alicyclic amines) is 1. The Balaban J connectivity index is 2.07. The van der Waals surface area contributed by atoms with Crippen molar-refractivity contribution in [2.24, 2.45) is 5.73 Å². The highest BCUT2D eigenvalue weighted by molar-refractivity contribution is 5.71.